The highest BCUT2D eigenvalue weighted by Crippen LogP contribution is 2.24. The van der Waals surface area contributed by atoms with Crippen LogP contribution in [0.5, 0.6) is 11.5 Å². The lowest BCUT2D eigenvalue weighted by molar-refractivity contribution is 0.125. The van der Waals surface area contributed by atoms with Crippen LogP contribution < -0.4 is 14.8 Å². The van der Waals surface area contributed by atoms with Crippen LogP contribution in [0.3, 0.4) is 0 Å². The van der Waals surface area contributed by atoms with Crippen LogP contribution in [0.2, 0.25) is 0 Å². The van der Waals surface area contributed by atoms with Crippen LogP contribution in [0.1, 0.15) is 41.5 Å². The van der Waals surface area contributed by atoms with Gasteiger partial charge in [0.2, 0.25) is 0 Å². The van der Waals surface area contributed by atoms with E-state index in [1.54, 1.807) is 0 Å². The first-order valence-electron chi connectivity index (χ1n) is 9.96. The first-order valence-corrected chi connectivity index (χ1v) is 9.96. The Kier molecular flexibility index (Phi) is 7.72. The van der Waals surface area contributed by atoms with Crippen LogP contribution in [0.15, 0.2) is 84.9 Å². The molecular formula is C26H33NO2. The molecule has 29 heavy (non-hydrogen) atoms. The summed E-state index contributed by atoms with van der Waals surface area (Å²) in [4.78, 5) is 0. The van der Waals surface area contributed by atoms with E-state index in [0.29, 0.717) is 0 Å². The molecule has 0 unspecified atom stereocenters. The Balaban J connectivity index is 0.000000211. The third-order valence-electron chi connectivity index (χ3n) is 3.51. The number of rotatable bonds is 4. The van der Waals surface area contributed by atoms with Gasteiger partial charge in [0.25, 0.3) is 0 Å². The van der Waals surface area contributed by atoms with Gasteiger partial charge in [-0.1, -0.05) is 36.4 Å². The molecule has 0 amide bonds. The molecule has 0 saturated carbocycles. The largest absolute Gasteiger partial charge is 0.488 e. The lowest BCUT2D eigenvalue weighted by atomic mass is 10.2. The molecule has 0 aliphatic rings. The molecule has 0 heterocycles. The normalized spacial score (nSPS) is 11.1. The monoisotopic (exact) mass is 391 g/mol. The van der Waals surface area contributed by atoms with Crippen LogP contribution in [0, 0.1) is 0 Å². The molecule has 0 fully saturated rings. The van der Waals surface area contributed by atoms with Crippen molar-refractivity contribution in [3.05, 3.63) is 84.9 Å². The third-order valence-corrected chi connectivity index (χ3v) is 3.51. The van der Waals surface area contributed by atoms with Crippen LogP contribution in [-0.4, -0.2) is 11.2 Å². The molecule has 3 heteroatoms. The van der Waals surface area contributed by atoms with E-state index in [1.807, 2.05) is 126 Å². The molecule has 0 bridgehead atoms. The first-order chi connectivity index (χ1) is 13.6. The summed E-state index contributed by atoms with van der Waals surface area (Å²) in [6.07, 6.45) is 0. The summed E-state index contributed by atoms with van der Waals surface area (Å²) in [5, 5.41) is 3.30. The minimum atomic E-state index is -0.160. The second-order valence-corrected chi connectivity index (χ2v) is 8.76. The highest BCUT2D eigenvalue weighted by Gasteiger charge is 2.13. The van der Waals surface area contributed by atoms with Gasteiger partial charge in [0, 0.05) is 11.4 Å². The van der Waals surface area contributed by atoms with Gasteiger partial charge in [-0.2, -0.15) is 0 Å². The molecular weight excluding hydrogens is 358 g/mol. The van der Waals surface area contributed by atoms with Crippen LogP contribution in [-0.2, 0) is 0 Å². The fourth-order valence-electron chi connectivity index (χ4n) is 2.49. The van der Waals surface area contributed by atoms with Gasteiger partial charge in [-0.15, -0.1) is 0 Å². The van der Waals surface area contributed by atoms with E-state index in [-0.39, 0.29) is 11.2 Å². The first kappa shape index (κ1) is 22.4. The van der Waals surface area contributed by atoms with Gasteiger partial charge in [-0.25, -0.2) is 0 Å². The molecule has 3 aromatic rings. The fourth-order valence-corrected chi connectivity index (χ4v) is 2.49. The Morgan fingerprint density at radius 2 is 0.793 bits per heavy atom. The second-order valence-electron chi connectivity index (χ2n) is 8.76. The smallest absolute Gasteiger partial charge is 0.120 e. The molecule has 3 nitrogen and oxygen atoms in total. The molecule has 1 N–H and O–H groups in total. The van der Waals surface area contributed by atoms with Gasteiger partial charge in [0.15, 0.2) is 0 Å². The average Bonchev–Trinajstić information content (AvgIpc) is 2.63. The fraction of sp³-hybridized carbons (Fsp3) is 0.308. The van der Waals surface area contributed by atoms with Crippen molar-refractivity contribution in [3.8, 4) is 11.5 Å². The topological polar surface area (TPSA) is 30.5 Å². The molecule has 0 radical (unpaired) electrons. The summed E-state index contributed by atoms with van der Waals surface area (Å²) < 4.78 is 11.5. The Bertz CT molecular complexity index is 757. The zero-order valence-electron chi connectivity index (χ0n) is 18.4. The van der Waals surface area contributed by atoms with Crippen molar-refractivity contribution in [2.45, 2.75) is 52.7 Å². The van der Waals surface area contributed by atoms with Gasteiger partial charge < -0.3 is 14.8 Å². The Hall–Kier alpha value is -2.94. The summed E-state index contributed by atoms with van der Waals surface area (Å²) in [5.41, 5.74) is 1.92. The van der Waals surface area contributed by atoms with Crippen molar-refractivity contribution in [2.75, 3.05) is 5.32 Å². The van der Waals surface area contributed by atoms with Crippen molar-refractivity contribution < 1.29 is 9.47 Å². The van der Waals surface area contributed by atoms with E-state index >= 15 is 0 Å². The van der Waals surface area contributed by atoms with Crippen LogP contribution in [0.25, 0.3) is 0 Å². The van der Waals surface area contributed by atoms with Crippen molar-refractivity contribution >= 4 is 11.4 Å². The number of hydrogen-bond acceptors (Lipinski definition) is 3. The van der Waals surface area contributed by atoms with Gasteiger partial charge in [0.05, 0.1) is 0 Å². The van der Waals surface area contributed by atoms with E-state index in [2.05, 4.69) is 5.32 Å². The summed E-state index contributed by atoms with van der Waals surface area (Å²) in [5.74, 6) is 1.74. The minimum absolute atomic E-state index is 0.160. The lowest BCUT2D eigenvalue weighted by Gasteiger charge is -2.23. The van der Waals surface area contributed by atoms with E-state index in [0.717, 1.165) is 22.9 Å². The van der Waals surface area contributed by atoms with Crippen molar-refractivity contribution in [1.29, 1.82) is 0 Å². The molecule has 3 rings (SSSR count). The molecule has 0 atom stereocenters. The molecule has 154 valence electrons. The van der Waals surface area contributed by atoms with Gasteiger partial charge in [0.1, 0.15) is 22.7 Å². The van der Waals surface area contributed by atoms with Gasteiger partial charge in [-0.3, -0.25) is 0 Å². The van der Waals surface area contributed by atoms with Crippen LogP contribution >= 0.6 is 0 Å². The summed E-state index contributed by atoms with van der Waals surface area (Å²) in [7, 11) is 0. The number of hydrogen-bond donors (Lipinski definition) is 1. The lowest BCUT2D eigenvalue weighted by Crippen LogP contribution is -2.23. The summed E-state index contributed by atoms with van der Waals surface area (Å²) in [6, 6.07) is 28.0. The minimum Gasteiger partial charge on any atom is -0.488 e. The Morgan fingerprint density at radius 1 is 0.483 bits per heavy atom. The zero-order chi connectivity index (χ0) is 21.3. The quantitative estimate of drug-likeness (QED) is 0.500. The second kappa shape index (κ2) is 10.0. The molecule has 0 aromatic heterocycles. The maximum Gasteiger partial charge on any atom is 0.120 e. The molecule has 3 aromatic carbocycles. The van der Waals surface area contributed by atoms with Crippen molar-refractivity contribution in [3.63, 3.8) is 0 Å². The van der Waals surface area contributed by atoms with Crippen molar-refractivity contribution in [2.24, 2.45) is 0 Å². The SMILES string of the molecule is CC(C)(C)Oc1ccc(OC(C)(C)C)cc1.c1ccc(Nc2ccccc2)cc1. The number of benzene rings is 3. The predicted octanol–water partition coefficient (Wildman–Crippen LogP) is 7.47. The van der Waals surface area contributed by atoms with Gasteiger partial charge in [-0.05, 0) is 90.1 Å². The Morgan fingerprint density at radius 3 is 1.07 bits per heavy atom. The third kappa shape index (κ3) is 9.70. The average molecular weight is 392 g/mol. The number of anilines is 2. The number of nitrogens with one attached hydrogen (secondary N) is 1. The predicted molar refractivity (Wildman–Crippen MR) is 123 cm³/mol. The molecule has 0 spiro atoms. The maximum absolute atomic E-state index is 5.73. The Labute approximate surface area is 175 Å². The van der Waals surface area contributed by atoms with E-state index < -0.39 is 0 Å². The summed E-state index contributed by atoms with van der Waals surface area (Å²) >= 11 is 0. The van der Waals surface area contributed by atoms with E-state index in [1.165, 1.54) is 0 Å². The van der Waals surface area contributed by atoms with Gasteiger partial charge >= 0.3 is 0 Å². The highest BCUT2D eigenvalue weighted by molar-refractivity contribution is 5.58. The van der Waals surface area contributed by atoms with E-state index in [9.17, 15) is 0 Å². The number of ether oxygens (including phenoxy) is 2. The van der Waals surface area contributed by atoms with E-state index in [4.69, 9.17) is 9.47 Å². The zero-order valence-corrected chi connectivity index (χ0v) is 18.4. The molecule has 0 aliphatic carbocycles. The maximum atomic E-state index is 5.73. The molecule has 0 aliphatic heterocycles. The highest BCUT2D eigenvalue weighted by atomic mass is 16.5. The standard InChI is InChI=1S/C14H22O2.C12H11N/c1-13(2,3)15-11-7-9-12(10-8-11)16-14(4,5)6;1-3-7-11(8-4-1)13-12-9-5-2-6-10-12/h7-10H,1-6H3;1-10,13H. The van der Waals surface area contributed by atoms with Crippen LogP contribution in [0.4, 0.5) is 11.4 Å². The number of para-hydroxylation sites is 2. The summed E-state index contributed by atoms with van der Waals surface area (Å²) in [6.45, 7) is 12.2. The molecule has 0 saturated heterocycles. The van der Waals surface area contributed by atoms with Crippen molar-refractivity contribution in [1.82, 2.24) is 0 Å².